The van der Waals surface area contributed by atoms with Crippen molar-refractivity contribution in [3.8, 4) is 5.75 Å². The molecule has 2 aliphatic carbocycles. The van der Waals surface area contributed by atoms with Crippen LogP contribution < -0.4 is 10.1 Å². The maximum atomic E-state index is 13.3. The fourth-order valence-corrected chi connectivity index (χ4v) is 2.88. The molecule has 2 saturated carbocycles. The summed E-state index contributed by atoms with van der Waals surface area (Å²) in [5.74, 6) is 0.384. The number of halogens is 2. The number of hydrogen-bond donors (Lipinski definition) is 1. The average molecular weight is 328 g/mol. The summed E-state index contributed by atoms with van der Waals surface area (Å²) in [7, 11) is 0. The monoisotopic (exact) mass is 327 g/mol. The summed E-state index contributed by atoms with van der Waals surface area (Å²) >= 11 is 3.43. The Labute approximate surface area is 121 Å². The van der Waals surface area contributed by atoms with E-state index in [1.54, 1.807) is 6.07 Å². The molecule has 19 heavy (non-hydrogen) atoms. The molecule has 3 rings (SSSR count). The van der Waals surface area contributed by atoms with Gasteiger partial charge in [-0.3, -0.25) is 0 Å². The Morgan fingerprint density at radius 1 is 1.37 bits per heavy atom. The fourth-order valence-electron chi connectivity index (χ4n) is 2.55. The van der Waals surface area contributed by atoms with Gasteiger partial charge >= 0.3 is 0 Å². The number of nitrogens with one attached hydrogen (secondary N) is 1. The highest BCUT2D eigenvalue weighted by Gasteiger charge is 2.39. The normalized spacial score (nSPS) is 20.9. The van der Waals surface area contributed by atoms with E-state index in [1.807, 2.05) is 0 Å². The number of hydrogen-bond acceptors (Lipinski definition) is 2. The molecule has 2 fully saturated rings. The molecule has 0 aliphatic heterocycles. The van der Waals surface area contributed by atoms with Gasteiger partial charge < -0.3 is 10.1 Å². The molecular weight excluding hydrogens is 309 g/mol. The average Bonchev–Trinajstić information content (AvgIpc) is 3.14. The summed E-state index contributed by atoms with van der Waals surface area (Å²) in [6.07, 6.45) is 6.97. The van der Waals surface area contributed by atoms with E-state index in [1.165, 1.54) is 31.4 Å². The predicted molar refractivity (Wildman–Crippen MR) is 77.0 cm³/mol. The molecule has 0 aromatic heterocycles. The van der Waals surface area contributed by atoms with Crippen molar-refractivity contribution in [2.24, 2.45) is 0 Å². The first-order chi connectivity index (χ1) is 9.17. The van der Waals surface area contributed by atoms with Crippen LogP contribution in [-0.4, -0.2) is 18.2 Å². The summed E-state index contributed by atoms with van der Waals surface area (Å²) < 4.78 is 20.3. The topological polar surface area (TPSA) is 21.3 Å². The summed E-state index contributed by atoms with van der Waals surface area (Å²) in [6, 6.07) is 5.36. The highest BCUT2D eigenvalue weighted by atomic mass is 79.9. The minimum absolute atomic E-state index is 0.0851. The first-order valence-corrected chi connectivity index (χ1v) is 7.84. The van der Waals surface area contributed by atoms with Gasteiger partial charge in [-0.15, -0.1) is 0 Å². The summed E-state index contributed by atoms with van der Waals surface area (Å²) in [6.45, 7) is 0.998. The molecule has 0 amide bonds. The molecule has 0 atom stereocenters. The summed E-state index contributed by atoms with van der Waals surface area (Å²) in [4.78, 5) is 0. The van der Waals surface area contributed by atoms with Crippen LogP contribution in [0.3, 0.4) is 0 Å². The highest BCUT2D eigenvalue weighted by Crippen LogP contribution is 2.41. The van der Waals surface area contributed by atoms with Crippen LogP contribution in [0.2, 0.25) is 0 Å². The van der Waals surface area contributed by atoms with Crippen LogP contribution in [0, 0.1) is 5.82 Å². The van der Waals surface area contributed by atoms with Crippen molar-refractivity contribution in [2.75, 3.05) is 6.54 Å². The van der Waals surface area contributed by atoms with Crippen LogP contribution in [0.5, 0.6) is 5.75 Å². The summed E-state index contributed by atoms with van der Waals surface area (Å²) in [5, 5.41) is 3.53. The minimum atomic E-state index is -0.247. The lowest BCUT2D eigenvalue weighted by Gasteiger charge is -2.42. The van der Waals surface area contributed by atoms with Gasteiger partial charge in [0.25, 0.3) is 0 Å². The van der Waals surface area contributed by atoms with Gasteiger partial charge in [0.1, 0.15) is 17.2 Å². The third kappa shape index (κ3) is 3.29. The molecule has 104 valence electrons. The second-order valence-electron chi connectivity index (χ2n) is 5.69. The van der Waals surface area contributed by atoms with Crippen molar-refractivity contribution in [1.82, 2.24) is 5.32 Å². The van der Waals surface area contributed by atoms with E-state index in [9.17, 15) is 4.39 Å². The molecule has 0 unspecified atom stereocenters. The molecule has 1 N–H and O–H groups in total. The van der Waals surface area contributed by atoms with Crippen LogP contribution in [0.25, 0.3) is 0 Å². The Balaban J connectivity index is 1.62. The van der Waals surface area contributed by atoms with E-state index in [0.29, 0.717) is 5.75 Å². The third-order valence-corrected chi connectivity index (χ3v) is 4.73. The fraction of sp³-hybridized carbons (Fsp3) is 0.600. The van der Waals surface area contributed by atoms with E-state index in [0.717, 1.165) is 36.3 Å². The Morgan fingerprint density at radius 3 is 2.79 bits per heavy atom. The second kappa shape index (κ2) is 5.41. The molecule has 4 heteroatoms. The molecule has 0 bridgehead atoms. The van der Waals surface area contributed by atoms with E-state index in [2.05, 4.69) is 21.2 Å². The van der Waals surface area contributed by atoms with Crippen LogP contribution in [0.4, 0.5) is 4.39 Å². The van der Waals surface area contributed by atoms with Crippen molar-refractivity contribution in [3.05, 3.63) is 28.5 Å². The molecule has 0 spiro atoms. The van der Waals surface area contributed by atoms with Crippen LogP contribution in [-0.2, 0) is 0 Å². The van der Waals surface area contributed by atoms with Crippen molar-refractivity contribution in [3.63, 3.8) is 0 Å². The molecule has 1 aromatic carbocycles. The SMILES string of the molecule is Fc1ccc(Br)c(OC2(CCNC3CC3)CCC2)c1. The molecule has 0 heterocycles. The predicted octanol–water partition coefficient (Wildman–Crippen LogP) is 4.03. The van der Waals surface area contributed by atoms with Gasteiger partial charge in [-0.25, -0.2) is 4.39 Å². The van der Waals surface area contributed by atoms with Crippen molar-refractivity contribution >= 4 is 15.9 Å². The van der Waals surface area contributed by atoms with Crippen LogP contribution >= 0.6 is 15.9 Å². The molecule has 0 radical (unpaired) electrons. The van der Waals surface area contributed by atoms with Gasteiger partial charge in [0.15, 0.2) is 0 Å². The molecular formula is C15H19BrFNO. The Morgan fingerprint density at radius 2 is 2.16 bits per heavy atom. The van der Waals surface area contributed by atoms with Crippen molar-refractivity contribution in [1.29, 1.82) is 0 Å². The minimum Gasteiger partial charge on any atom is -0.486 e. The van der Waals surface area contributed by atoms with Crippen molar-refractivity contribution in [2.45, 2.75) is 50.2 Å². The van der Waals surface area contributed by atoms with Gasteiger partial charge in [-0.2, -0.15) is 0 Å². The number of benzene rings is 1. The smallest absolute Gasteiger partial charge is 0.137 e. The zero-order chi connectivity index (χ0) is 13.3. The van der Waals surface area contributed by atoms with Gasteiger partial charge in [-0.1, -0.05) is 0 Å². The Kier molecular flexibility index (Phi) is 3.81. The van der Waals surface area contributed by atoms with Gasteiger partial charge in [-0.05, 0) is 73.1 Å². The molecule has 0 saturated heterocycles. The molecule has 1 aromatic rings. The van der Waals surface area contributed by atoms with E-state index in [-0.39, 0.29) is 11.4 Å². The zero-order valence-corrected chi connectivity index (χ0v) is 12.5. The quantitative estimate of drug-likeness (QED) is 0.851. The standard InChI is InChI=1S/C15H19BrFNO/c16-13-5-2-11(17)10-14(13)19-15(6-1-7-15)8-9-18-12-3-4-12/h2,5,10,12,18H,1,3-4,6-9H2. The van der Waals surface area contributed by atoms with Crippen molar-refractivity contribution < 1.29 is 9.13 Å². The van der Waals surface area contributed by atoms with E-state index in [4.69, 9.17) is 4.74 Å². The molecule has 2 nitrogen and oxygen atoms in total. The first-order valence-electron chi connectivity index (χ1n) is 7.04. The maximum absolute atomic E-state index is 13.3. The number of ether oxygens (including phenoxy) is 1. The Bertz CT molecular complexity index is 457. The molecule has 2 aliphatic rings. The van der Waals surface area contributed by atoms with Gasteiger partial charge in [0.05, 0.1) is 4.47 Å². The van der Waals surface area contributed by atoms with Gasteiger partial charge in [0.2, 0.25) is 0 Å². The van der Waals surface area contributed by atoms with Crippen LogP contribution in [0.15, 0.2) is 22.7 Å². The maximum Gasteiger partial charge on any atom is 0.137 e. The largest absolute Gasteiger partial charge is 0.486 e. The zero-order valence-electron chi connectivity index (χ0n) is 10.9. The summed E-state index contributed by atoms with van der Waals surface area (Å²) in [5.41, 5.74) is -0.0851. The first kappa shape index (κ1) is 13.4. The van der Waals surface area contributed by atoms with E-state index >= 15 is 0 Å². The lowest BCUT2D eigenvalue weighted by molar-refractivity contribution is -0.0151. The lowest BCUT2D eigenvalue weighted by atomic mass is 9.77. The van der Waals surface area contributed by atoms with E-state index < -0.39 is 0 Å². The third-order valence-electron chi connectivity index (χ3n) is 4.08. The number of rotatable bonds is 6. The van der Waals surface area contributed by atoms with Crippen LogP contribution in [0.1, 0.15) is 38.5 Å². The second-order valence-corrected chi connectivity index (χ2v) is 6.55. The van der Waals surface area contributed by atoms with Gasteiger partial charge in [0, 0.05) is 12.1 Å². The lowest BCUT2D eigenvalue weighted by Crippen LogP contribution is -2.45. The highest BCUT2D eigenvalue weighted by molar-refractivity contribution is 9.10. The Hall–Kier alpha value is -0.610.